The van der Waals surface area contributed by atoms with Crippen molar-refractivity contribution in [2.75, 3.05) is 25.0 Å². The van der Waals surface area contributed by atoms with Crippen molar-refractivity contribution < 1.29 is 4.79 Å². The maximum Gasteiger partial charge on any atom is 0.317 e. The molecule has 7 heteroatoms. The summed E-state index contributed by atoms with van der Waals surface area (Å²) in [7, 11) is 2.04. The van der Waals surface area contributed by atoms with E-state index in [2.05, 4.69) is 39.5 Å². The Balaban J connectivity index is 1.51. The molecule has 1 aromatic heterocycles. The van der Waals surface area contributed by atoms with Gasteiger partial charge in [0.05, 0.1) is 6.54 Å². The van der Waals surface area contributed by atoms with E-state index in [1.54, 1.807) is 11.2 Å². The molecule has 0 spiro atoms. The van der Waals surface area contributed by atoms with Gasteiger partial charge in [-0.15, -0.1) is 10.2 Å². The van der Waals surface area contributed by atoms with Crippen LogP contribution in [0.2, 0.25) is 0 Å². The van der Waals surface area contributed by atoms with Crippen LogP contribution in [-0.2, 0) is 13.1 Å². The van der Waals surface area contributed by atoms with Crippen LogP contribution in [0.15, 0.2) is 36.7 Å². The fourth-order valence-corrected chi connectivity index (χ4v) is 2.64. The molecule has 2 heterocycles. The zero-order chi connectivity index (χ0) is 16.2. The summed E-state index contributed by atoms with van der Waals surface area (Å²) in [5, 5.41) is 10.9. The summed E-state index contributed by atoms with van der Waals surface area (Å²) in [6, 6.07) is 10.3. The summed E-state index contributed by atoms with van der Waals surface area (Å²) in [6.07, 6.45) is 1.71. The number of fused-ring (bicyclic) bond motifs is 1. The highest BCUT2D eigenvalue weighted by molar-refractivity contribution is 5.74. The van der Waals surface area contributed by atoms with Crippen molar-refractivity contribution >= 4 is 11.7 Å². The first-order valence-corrected chi connectivity index (χ1v) is 7.82. The molecule has 3 rings (SSSR count). The van der Waals surface area contributed by atoms with E-state index in [9.17, 15) is 4.79 Å². The van der Waals surface area contributed by atoms with Crippen LogP contribution >= 0.6 is 0 Å². The first-order valence-electron chi connectivity index (χ1n) is 7.82. The van der Waals surface area contributed by atoms with E-state index in [0.717, 1.165) is 18.1 Å². The quantitative estimate of drug-likeness (QED) is 0.924. The molecule has 23 heavy (non-hydrogen) atoms. The van der Waals surface area contributed by atoms with E-state index in [4.69, 9.17) is 0 Å². The summed E-state index contributed by atoms with van der Waals surface area (Å²) in [6.45, 7) is 4.62. The molecule has 1 aliphatic rings. The number of aromatic nitrogens is 3. The highest BCUT2D eigenvalue weighted by Crippen LogP contribution is 2.14. The van der Waals surface area contributed by atoms with Gasteiger partial charge in [0.15, 0.2) is 5.82 Å². The number of para-hydroxylation sites is 1. The van der Waals surface area contributed by atoms with Crippen molar-refractivity contribution in [2.24, 2.45) is 0 Å². The van der Waals surface area contributed by atoms with Gasteiger partial charge in [-0.1, -0.05) is 18.2 Å². The number of nitrogens with zero attached hydrogens (tertiary/aromatic N) is 5. The van der Waals surface area contributed by atoms with Crippen LogP contribution in [0.1, 0.15) is 12.7 Å². The molecular formula is C16H22N6O. The van der Waals surface area contributed by atoms with Crippen molar-refractivity contribution in [2.45, 2.75) is 26.1 Å². The lowest BCUT2D eigenvalue weighted by molar-refractivity contribution is 0.181. The van der Waals surface area contributed by atoms with Crippen LogP contribution in [0.5, 0.6) is 0 Å². The van der Waals surface area contributed by atoms with Gasteiger partial charge in [0.2, 0.25) is 0 Å². The molecule has 122 valence electrons. The summed E-state index contributed by atoms with van der Waals surface area (Å²) in [4.78, 5) is 16.3. The lowest BCUT2D eigenvalue weighted by Crippen LogP contribution is -2.48. The monoisotopic (exact) mass is 314 g/mol. The lowest BCUT2D eigenvalue weighted by atomic mass is 10.2. The summed E-state index contributed by atoms with van der Waals surface area (Å²) >= 11 is 0. The largest absolute Gasteiger partial charge is 0.370 e. The molecular weight excluding hydrogens is 292 g/mol. The van der Waals surface area contributed by atoms with Gasteiger partial charge in [-0.05, 0) is 19.1 Å². The molecule has 1 aliphatic heterocycles. The van der Waals surface area contributed by atoms with E-state index in [0.29, 0.717) is 19.6 Å². The molecule has 1 aromatic carbocycles. The minimum atomic E-state index is -0.0486. The Hall–Kier alpha value is -2.57. The van der Waals surface area contributed by atoms with Gasteiger partial charge in [0.1, 0.15) is 6.33 Å². The number of urea groups is 1. The van der Waals surface area contributed by atoms with E-state index < -0.39 is 0 Å². The van der Waals surface area contributed by atoms with Crippen molar-refractivity contribution in [3.63, 3.8) is 0 Å². The van der Waals surface area contributed by atoms with Crippen molar-refractivity contribution in [1.82, 2.24) is 25.0 Å². The van der Waals surface area contributed by atoms with Gasteiger partial charge in [0, 0.05) is 38.4 Å². The molecule has 1 N–H and O–H groups in total. The van der Waals surface area contributed by atoms with Gasteiger partial charge in [-0.25, -0.2) is 4.79 Å². The van der Waals surface area contributed by atoms with Gasteiger partial charge < -0.3 is 19.7 Å². The summed E-state index contributed by atoms with van der Waals surface area (Å²) < 4.78 is 1.98. The van der Waals surface area contributed by atoms with E-state index in [1.807, 2.05) is 29.8 Å². The molecule has 0 fully saturated rings. The van der Waals surface area contributed by atoms with E-state index >= 15 is 0 Å². The minimum absolute atomic E-state index is 0.0486. The Kier molecular flexibility index (Phi) is 4.45. The Labute approximate surface area is 135 Å². The maximum absolute atomic E-state index is 12.3. The predicted molar refractivity (Wildman–Crippen MR) is 88.1 cm³/mol. The molecule has 0 aliphatic carbocycles. The summed E-state index contributed by atoms with van der Waals surface area (Å²) in [5.41, 5.74) is 1.14. The zero-order valence-electron chi connectivity index (χ0n) is 13.5. The van der Waals surface area contributed by atoms with Gasteiger partial charge >= 0.3 is 6.03 Å². The third kappa shape index (κ3) is 3.44. The molecule has 0 bridgehead atoms. The minimum Gasteiger partial charge on any atom is -0.370 e. The fraction of sp³-hybridized carbons (Fsp3) is 0.438. The molecule has 0 saturated heterocycles. The number of hydrogen-bond acceptors (Lipinski definition) is 4. The molecule has 2 amide bonds. The molecule has 0 saturated carbocycles. The SMILES string of the molecule is CC(CNC(=O)N1CCn2cnnc2C1)N(C)c1ccccc1. The molecule has 7 nitrogen and oxygen atoms in total. The van der Waals surface area contributed by atoms with Gasteiger partial charge in [-0.2, -0.15) is 0 Å². The number of hydrogen-bond donors (Lipinski definition) is 1. The van der Waals surface area contributed by atoms with Crippen molar-refractivity contribution in [3.8, 4) is 0 Å². The van der Waals surface area contributed by atoms with Crippen LogP contribution < -0.4 is 10.2 Å². The van der Waals surface area contributed by atoms with Crippen molar-refractivity contribution in [3.05, 3.63) is 42.5 Å². The molecule has 2 aromatic rings. The number of benzene rings is 1. The standard InChI is InChI=1S/C16H22N6O/c1-13(20(2)14-6-4-3-5-7-14)10-17-16(23)21-8-9-22-12-18-19-15(22)11-21/h3-7,12-13H,8-11H2,1-2H3,(H,17,23). The predicted octanol–water partition coefficient (Wildman–Crippen LogP) is 1.33. The Morgan fingerprint density at radius 3 is 2.91 bits per heavy atom. The first kappa shape index (κ1) is 15.3. The van der Waals surface area contributed by atoms with Crippen LogP contribution in [0.25, 0.3) is 0 Å². The topological polar surface area (TPSA) is 66.3 Å². The van der Waals surface area contributed by atoms with Crippen LogP contribution in [0, 0.1) is 0 Å². The molecule has 1 atom stereocenters. The second-order valence-electron chi connectivity index (χ2n) is 5.84. The Morgan fingerprint density at radius 2 is 2.13 bits per heavy atom. The Morgan fingerprint density at radius 1 is 1.35 bits per heavy atom. The molecule has 1 unspecified atom stereocenters. The second kappa shape index (κ2) is 6.68. The zero-order valence-corrected chi connectivity index (χ0v) is 13.5. The number of likely N-dealkylation sites (N-methyl/N-ethyl adjacent to an activating group) is 1. The van der Waals surface area contributed by atoms with E-state index in [-0.39, 0.29) is 12.1 Å². The second-order valence-corrected chi connectivity index (χ2v) is 5.84. The van der Waals surface area contributed by atoms with Crippen LogP contribution in [0.4, 0.5) is 10.5 Å². The smallest absolute Gasteiger partial charge is 0.317 e. The highest BCUT2D eigenvalue weighted by Gasteiger charge is 2.22. The van der Waals surface area contributed by atoms with Gasteiger partial charge in [-0.3, -0.25) is 0 Å². The van der Waals surface area contributed by atoms with E-state index in [1.165, 1.54) is 0 Å². The highest BCUT2D eigenvalue weighted by atomic mass is 16.2. The number of carbonyl (C=O) groups excluding carboxylic acids is 1. The number of carbonyl (C=O) groups is 1. The average molecular weight is 314 g/mol. The lowest BCUT2D eigenvalue weighted by Gasteiger charge is -2.30. The van der Waals surface area contributed by atoms with Crippen LogP contribution in [0.3, 0.4) is 0 Å². The van der Waals surface area contributed by atoms with Crippen LogP contribution in [-0.4, -0.2) is 51.9 Å². The number of anilines is 1. The molecule has 0 radical (unpaired) electrons. The van der Waals surface area contributed by atoms with Gasteiger partial charge in [0.25, 0.3) is 0 Å². The number of amides is 2. The third-order valence-electron chi connectivity index (χ3n) is 4.30. The average Bonchev–Trinajstić information content (AvgIpc) is 3.07. The van der Waals surface area contributed by atoms with Crippen molar-refractivity contribution in [1.29, 1.82) is 0 Å². The number of rotatable bonds is 4. The third-order valence-corrected chi connectivity index (χ3v) is 4.30. The summed E-state index contributed by atoms with van der Waals surface area (Å²) in [5.74, 6) is 0.834. The number of nitrogens with one attached hydrogen (secondary N) is 1. The Bertz CT molecular complexity index is 656. The first-order chi connectivity index (χ1) is 11.1. The normalized spacial score (nSPS) is 15.0. The fourth-order valence-electron chi connectivity index (χ4n) is 2.64. The maximum atomic E-state index is 12.3.